The van der Waals surface area contributed by atoms with E-state index in [1.54, 1.807) is 0 Å². The monoisotopic (exact) mass is 233 g/mol. The number of amides is 1. The van der Waals surface area contributed by atoms with E-state index in [0.717, 1.165) is 42.7 Å². The summed E-state index contributed by atoms with van der Waals surface area (Å²) in [5, 5.41) is 0. The van der Waals surface area contributed by atoms with Crippen molar-refractivity contribution in [2.24, 2.45) is 5.73 Å². The molecule has 0 aromatic heterocycles. The number of carbonyl (C=O) groups is 1. The van der Waals surface area contributed by atoms with Crippen LogP contribution in [0.5, 0.6) is 0 Å². The molecule has 4 nitrogen and oxygen atoms in total. The lowest BCUT2D eigenvalue weighted by molar-refractivity contribution is -0.119. The molecule has 1 unspecified atom stereocenters. The van der Waals surface area contributed by atoms with Crippen LogP contribution in [0, 0.1) is 6.92 Å². The van der Waals surface area contributed by atoms with E-state index in [2.05, 4.69) is 11.0 Å². The van der Waals surface area contributed by atoms with Gasteiger partial charge in [0, 0.05) is 17.9 Å². The zero-order valence-electron chi connectivity index (χ0n) is 10.1. The molecule has 4 heteroatoms. The molecular formula is C13H19N3O. The van der Waals surface area contributed by atoms with Crippen molar-refractivity contribution in [2.45, 2.75) is 32.2 Å². The van der Waals surface area contributed by atoms with E-state index >= 15 is 0 Å². The van der Waals surface area contributed by atoms with Crippen molar-refractivity contribution in [2.75, 3.05) is 17.2 Å². The zero-order valence-corrected chi connectivity index (χ0v) is 10.1. The molecule has 4 N–H and O–H groups in total. The topological polar surface area (TPSA) is 72.3 Å². The molecule has 2 rings (SSSR count). The number of aryl methyl sites for hydroxylation is 1. The molecule has 1 heterocycles. The lowest BCUT2D eigenvalue weighted by atomic mass is 10.00. The Balaban J connectivity index is 2.32. The molecule has 0 bridgehead atoms. The maximum atomic E-state index is 11.5. The highest BCUT2D eigenvalue weighted by atomic mass is 16.1. The predicted octanol–water partition coefficient (Wildman–Crippen LogP) is 1.42. The van der Waals surface area contributed by atoms with Crippen LogP contribution >= 0.6 is 0 Å². The molecule has 1 amide bonds. The van der Waals surface area contributed by atoms with Gasteiger partial charge in [0.2, 0.25) is 5.91 Å². The van der Waals surface area contributed by atoms with Crippen molar-refractivity contribution in [3.05, 3.63) is 23.8 Å². The normalized spacial score (nSPS) is 20.3. The van der Waals surface area contributed by atoms with Gasteiger partial charge in [-0.2, -0.15) is 0 Å². The molecule has 0 spiro atoms. The molecule has 17 heavy (non-hydrogen) atoms. The van der Waals surface area contributed by atoms with E-state index in [1.165, 1.54) is 0 Å². The maximum Gasteiger partial charge on any atom is 0.240 e. The average molecular weight is 233 g/mol. The van der Waals surface area contributed by atoms with Crippen LogP contribution in [0.2, 0.25) is 0 Å². The van der Waals surface area contributed by atoms with Gasteiger partial charge in [-0.1, -0.05) is 0 Å². The van der Waals surface area contributed by atoms with Crippen molar-refractivity contribution in [1.29, 1.82) is 0 Å². The molecule has 0 saturated carbocycles. The van der Waals surface area contributed by atoms with Crippen molar-refractivity contribution < 1.29 is 4.79 Å². The van der Waals surface area contributed by atoms with Crippen molar-refractivity contribution in [3.8, 4) is 0 Å². The fourth-order valence-electron chi connectivity index (χ4n) is 2.49. The summed E-state index contributed by atoms with van der Waals surface area (Å²) in [5.74, 6) is -0.246. The SMILES string of the molecule is Cc1cc(N)cc(N2CCCCC2C(N)=O)c1. The van der Waals surface area contributed by atoms with E-state index in [1.807, 2.05) is 19.1 Å². The van der Waals surface area contributed by atoms with Crippen LogP contribution in [-0.4, -0.2) is 18.5 Å². The Morgan fingerprint density at radius 1 is 1.35 bits per heavy atom. The molecule has 1 aliphatic rings. The van der Waals surface area contributed by atoms with Gasteiger partial charge in [-0.15, -0.1) is 0 Å². The second kappa shape index (κ2) is 4.65. The number of nitrogens with zero attached hydrogens (tertiary/aromatic N) is 1. The minimum absolute atomic E-state index is 0.190. The quantitative estimate of drug-likeness (QED) is 0.759. The highest BCUT2D eigenvalue weighted by Gasteiger charge is 2.27. The Bertz CT molecular complexity index is 410. The predicted molar refractivity (Wildman–Crippen MR) is 69.8 cm³/mol. The van der Waals surface area contributed by atoms with E-state index in [-0.39, 0.29) is 11.9 Å². The molecule has 1 fully saturated rings. The third-order valence-corrected chi connectivity index (χ3v) is 3.25. The number of piperidine rings is 1. The number of primary amides is 1. The van der Waals surface area contributed by atoms with Gasteiger partial charge >= 0.3 is 0 Å². The minimum atomic E-state index is -0.246. The van der Waals surface area contributed by atoms with Crippen molar-refractivity contribution >= 4 is 17.3 Å². The van der Waals surface area contributed by atoms with Gasteiger partial charge in [-0.25, -0.2) is 0 Å². The van der Waals surface area contributed by atoms with Crippen LogP contribution in [0.15, 0.2) is 18.2 Å². The summed E-state index contributed by atoms with van der Waals surface area (Å²) >= 11 is 0. The highest BCUT2D eigenvalue weighted by molar-refractivity contribution is 5.84. The van der Waals surface area contributed by atoms with E-state index in [9.17, 15) is 4.79 Å². The summed E-state index contributed by atoms with van der Waals surface area (Å²) in [6.07, 6.45) is 2.99. The largest absolute Gasteiger partial charge is 0.399 e. The average Bonchev–Trinajstić information content (AvgIpc) is 2.27. The summed E-state index contributed by atoms with van der Waals surface area (Å²) in [6, 6.07) is 5.70. The van der Waals surface area contributed by atoms with E-state index in [0.29, 0.717) is 0 Å². The van der Waals surface area contributed by atoms with Gasteiger partial charge in [-0.05, 0) is 49.9 Å². The van der Waals surface area contributed by atoms with E-state index in [4.69, 9.17) is 11.5 Å². The van der Waals surface area contributed by atoms with E-state index < -0.39 is 0 Å². The smallest absolute Gasteiger partial charge is 0.240 e. The molecule has 0 radical (unpaired) electrons. The second-order valence-electron chi connectivity index (χ2n) is 4.71. The number of nitrogen functional groups attached to an aromatic ring is 1. The standard InChI is InChI=1S/C13H19N3O/c1-9-6-10(14)8-11(7-9)16-5-3-2-4-12(16)13(15)17/h6-8,12H,2-5,14H2,1H3,(H2,15,17). The molecule has 1 saturated heterocycles. The van der Waals surface area contributed by atoms with Crippen LogP contribution in [0.1, 0.15) is 24.8 Å². The number of carbonyl (C=O) groups excluding carboxylic acids is 1. The lowest BCUT2D eigenvalue weighted by Gasteiger charge is -2.35. The highest BCUT2D eigenvalue weighted by Crippen LogP contribution is 2.27. The van der Waals surface area contributed by atoms with Crippen LogP contribution in [0.3, 0.4) is 0 Å². The number of hydrogen-bond donors (Lipinski definition) is 2. The van der Waals surface area contributed by atoms with Gasteiger partial charge in [0.1, 0.15) is 6.04 Å². The molecule has 0 aliphatic carbocycles. The fraction of sp³-hybridized carbons (Fsp3) is 0.462. The summed E-state index contributed by atoms with van der Waals surface area (Å²) in [6.45, 7) is 2.87. The lowest BCUT2D eigenvalue weighted by Crippen LogP contribution is -2.47. The minimum Gasteiger partial charge on any atom is -0.399 e. The third kappa shape index (κ3) is 2.52. The summed E-state index contributed by atoms with van der Waals surface area (Å²) in [5.41, 5.74) is 14.1. The Hall–Kier alpha value is -1.71. The van der Waals surface area contributed by atoms with Crippen molar-refractivity contribution in [3.63, 3.8) is 0 Å². The van der Waals surface area contributed by atoms with Crippen molar-refractivity contribution in [1.82, 2.24) is 0 Å². The van der Waals surface area contributed by atoms with Gasteiger partial charge in [0.15, 0.2) is 0 Å². The van der Waals surface area contributed by atoms with Crippen LogP contribution < -0.4 is 16.4 Å². The molecule has 1 aromatic rings. The van der Waals surface area contributed by atoms with Crippen LogP contribution in [0.25, 0.3) is 0 Å². The summed E-state index contributed by atoms with van der Waals surface area (Å²) < 4.78 is 0. The Labute approximate surface area is 102 Å². The van der Waals surface area contributed by atoms with Gasteiger partial charge < -0.3 is 16.4 Å². The first kappa shape index (κ1) is 11.8. The summed E-state index contributed by atoms with van der Waals surface area (Å²) in [7, 11) is 0. The molecule has 1 aliphatic heterocycles. The second-order valence-corrected chi connectivity index (χ2v) is 4.71. The first-order valence-electron chi connectivity index (χ1n) is 6.01. The Morgan fingerprint density at radius 2 is 2.12 bits per heavy atom. The molecule has 1 atom stereocenters. The van der Waals surface area contributed by atoms with Crippen LogP contribution in [0.4, 0.5) is 11.4 Å². The Kier molecular flexibility index (Phi) is 3.22. The van der Waals surface area contributed by atoms with Gasteiger partial charge in [-0.3, -0.25) is 4.79 Å². The number of rotatable bonds is 2. The summed E-state index contributed by atoms with van der Waals surface area (Å²) in [4.78, 5) is 13.5. The zero-order chi connectivity index (χ0) is 12.4. The first-order chi connectivity index (χ1) is 8.08. The van der Waals surface area contributed by atoms with Crippen LogP contribution in [-0.2, 0) is 4.79 Å². The number of anilines is 2. The molecule has 92 valence electrons. The van der Waals surface area contributed by atoms with Gasteiger partial charge in [0.25, 0.3) is 0 Å². The molecule has 1 aromatic carbocycles. The fourth-order valence-corrected chi connectivity index (χ4v) is 2.49. The number of hydrogen-bond acceptors (Lipinski definition) is 3. The first-order valence-corrected chi connectivity index (χ1v) is 6.01. The number of nitrogens with two attached hydrogens (primary N) is 2. The van der Waals surface area contributed by atoms with Gasteiger partial charge in [0.05, 0.1) is 0 Å². The molecular weight excluding hydrogens is 214 g/mol. The number of benzene rings is 1. The third-order valence-electron chi connectivity index (χ3n) is 3.25. The Morgan fingerprint density at radius 3 is 2.76 bits per heavy atom. The maximum absolute atomic E-state index is 11.5.